The van der Waals surface area contributed by atoms with E-state index in [9.17, 15) is 19.5 Å². The molecule has 0 fully saturated rings. The van der Waals surface area contributed by atoms with Crippen molar-refractivity contribution in [2.24, 2.45) is 11.0 Å². The molecule has 1 aromatic carbocycles. The number of rotatable bonds is 5. The predicted octanol–water partition coefficient (Wildman–Crippen LogP) is 1.22. The molecule has 8 heteroatoms. The molecule has 0 saturated carbocycles. The zero-order valence-corrected chi connectivity index (χ0v) is 14.0. The minimum Gasteiger partial charge on any atom is -0.499 e. The lowest BCUT2D eigenvalue weighted by Gasteiger charge is -2.10. The second kappa shape index (κ2) is 7.69. The molecule has 2 rings (SSSR count). The monoisotopic (exact) mass is 347 g/mol. The zero-order chi connectivity index (χ0) is 17.7. The fraction of sp³-hybridized carbons (Fsp3) is 0.250. The van der Waals surface area contributed by atoms with Crippen molar-refractivity contribution < 1.29 is 9.90 Å². The number of nitrogens with zero attached hydrogens (tertiary/aromatic N) is 1. The Morgan fingerprint density at radius 3 is 2.62 bits per heavy atom. The van der Waals surface area contributed by atoms with E-state index in [-0.39, 0.29) is 23.1 Å². The van der Waals surface area contributed by atoms with Gasteiger partial charge in [0.25, 0.3) is 5.56 Å². The summed E-state index contributed by atoms with van der Waals surface area (Å²) in [5.41, 5.74) is 2.65. The highest BCUT2D eigenvalue weighted by Crippen LogP contribution is 2.15. The van der Waals surface area contributed by atoms with Gasteiger partial charge in [-0.05, 0) is 30.2 Å². The van der Waals surface area contributed by atoms with E-state index < -0.39 is 15.5 Å². The van der Waals surface area contributed by atoms with Gasteiger partial charge in [-0.3, -0.25) is 19.4 Å². The molecule has 1 atom stereocenters. The third-order valence-electron chi connectivity index (χ3n) is 3.37. The van der Waals surface area contributed by atoms with Crippen molar-refractivity contribution in [2.75, 3.05) is 0 Å². The van der Waals surface area contributed by atoms with E-state index in [1.54, 1.807) is 6.92 Å². The second-order valence-electron chi connectivity index (χ2n) is 5.29. The number of benzene rings is 1. The Morgan fingerprint density at radius 1 is 1.33 bits per heavy atom. The maximum atomic E-state index is 12.1. The van der Waals surface area contributed by atoms with Crippen molar-refractivity contribution >= 4 is 23.0 Å². The molecule has 0 aliphatic heterocycles. The average molecular weight is 347 g/mol. The number of aromatic hydroxyl groups is 1. The highest BCUT2D eigenvalue weighted by molar-refractivity contribution is 7.11. The molecule has 0 radical (unpaired) electrons. The number of amides is 1. The molecule has 0 spiro atoms. The van der Waals surface area contributed by atoms with Crippen molar-refractivity contribution in [3.8, 4) is 5.06 Å². The van der Waals surface area contributed by atoms with Crippen LogP contribution >= 0.6 is 11.3 Å². The summed E-state index contributed by atoms with van der Waals surface area (Å²) in [4.78, 5) is 36.3. The van der Waals surface area contributed by atoms with Crippen LogP contribution in [0.1, 0.15) is 25.0 Å². The Balaban J connectivity index is 2.08. The molecule has 7 nitrogen and oxygen atoms in total. The summed E-state index contributed by atoms with van der Waals surface area (Å²) in [6.07, 6.45) is 0.556. The first-order chi connectivity index (χ1) is 11.4. The fourth-order valence-electron chi connectivity index (χ4n) is 2.10. The number of hydrazone groups is 1. The van der Waals surface area contributed by atoms with Crippen LogP contribution < -0.4 is 15.9 Å². The van der Waals surface area contributed by atoms with Crippen LogP contribution in [0.4, 0.5) is 0 Å². The number of hydrogen-bond acceptors (Lipinski definition) is 6. The second-order valence-corrected chi connectivity index (χ2v) is 6.25. The third kappa shape index (κ3) is 4.39. The SMILES string of the molecule is CC(=NNC(=O)[C@@H](C)Cc1ccccc1)c1c(O)sc(=O)[nH]c1=O. The lowest BCUT2D eigenvalue weighted by molar-refractivity contribution is -0.124. The highest BCUT2D eigenvalue weighted by atomic mass is 32.1. The number of nitrogens with one attached hydrogen (secondary N) is 2. The molecule has 0 aliphatic carbocycles. The van der Waals surface area contributed by atoms with E-state index in [4.69, 9.17) is 0 Å². The molecular formula is C16H17N3O4S. The Hall–Kier alpha value is -2.74. The summed E-state index contributed by atoms with van der Waals surface area (Å²) in [6, 6.07) is 9.57. The van der Waals surface area contributed by atoms with Crippen molar-refractivity contribution in [1.29, 1.82) is 0 Å². The first-order valence-corrected chi connectivity index (χ1v) is 8.05. The molecule has 1 amide bonds. The van der Waals surface area contributed by atoms with Crippen molar-refractivity contribution in [3.05, 3.63) is 61.5 Å². The van der Waals surface area contributed by atoms with Crippen LogP contribution in [-0.4, -0.2) is 21.7 Å². The van der Waals surface area contributed by atoms with E-state index in [1.165, 1.54) is 6.92 Å². The van der Waals surface area contributed by atoms with Crippen LogP contribution in [0.3, 0.4) is 0 Å². The molecule has 24 heavy (non-hydrogen) atoms. The Labute approximate surface area is 141 Å². The number of carbonyl (C=O) groups excluding carboxylic acids is 1. The van der Waals surface area contributed by atoms with Crippen LogP contribution in [0, 0.1) is 5.92 Å². The molecule has 1 heterocycles. The minimum atomic E-state index is -0.746. The lowest BCUT2D eigenvalue weighted by Crippen LogP contribution is -2.29. The summed E-state index contributed by atoms with van der Waals surface area (Å²) >= 11 is 0.495. The van der Waals surface area contributed by atoms with Crippen molar-refractivity contribution in [1.82, 2.24) is 10.4 Å². The van der Waals surface area contributed by atoms with Gasteiger partial charge in [0.2, 0.25) is 5.91 Å². The number of hydrogen-bond donors (Lipinski definition) is 3. The van der Waals surface area contributed by atoms with Crippen LogP contribution in [0.5, 0.6) is 5.06 Å². The van der Waals surface area contributed by atoms with E-state index in [0.717, 1.165) is 5.56 Å². The first kappa shape index (κ1) is 17.6. The van der Waals surface area contributed by atoms with Gasteiger partial charge in [-0.25, -0.2) is 5.43 Å². The Kier molecular flexibility index (Phi) is 5.64. The van der Waals surface area contributed by atoms with Gasteiger partial charge < -0.3 is 5.11 Å². The summed E-state index contributed by atoms with van der Waals surface area (Å²) in [5, 5.41) is 13.1. The van der Waals surface area contributed by atoms with Gasteiger partial charge in [0, 0.05) is 5.92 Å². The Morgan fingerprint density at radius 2 is 2.00 bits per heavy atom. The molecule has 2 aromatic rings. The van der Waals surface area contributed by atoms with Crippen molar-refractivity contribution in [3.63, 3.8) is 0 Å². The van der Waals surface area contributed by atoms with E-state index in [0.29, 0.717) is 17.8 Å². The maximum Gasteiger partial charge on any atom is 0.310 e. The van der Waals surface area contributed by atoms with Crippen LogP contribution in [0.2, 0.25) is 0 Å². The highest BCUT2D eigenvalue weighted by Gasteiger charge is 2.15. The minimum absolute atomic E-state index is 0.116. The lowest BCUT2D eigenvalue weighted by atomic mass is 10.0. The Bertz CT molecular complexity index is 871. The van der Waals surface area contributed by atoms with Gasteiger partial charge in [0.1, 0.15) is 5.56 Å². The number of aromatic amines is 1. The van der Waals surface area contributed by atoms with Crippen LogP contribution in [0.15, 0.2) is 45.0 Å². The molecule has 0 unspecified atom stereocenters. The summed E-state index contributed by atoms with van der Waals surface area (Å²) in [7, 11) is 0. The van der Waals surface area contributed by atoms with Gasteiger partial charge in [-0.2, -0.15) is 5.10 Å². The molecule has 3 N–H and O–H groups in total. The normalized spacial score (nSPS) is 12.7. The quantitative estimate of drug-likeness (QED) is 0.558. The van der Waals surface area contributed by atoms with E-state index in [1.807, 2.05) is 30.3 Å². The summed E-state index contributed by atoms with van der Waals surface area (Å²) < 4.78 is 0. The molecular weight excluding hydrogens is 330 g/mol. The van der Waals surface area contributed by atoms with Crippen LogP contribution in [0.25, 0.3) is 0 Å². The largest absolute Gasteiger partial charge is 0.499 e. The number of carbonyl (C=O) groups is 1. The van der Waals surface area contributed by atoms with Gasteiger partial charge >= 0.3 is 4.87 Å². The third-order valence-corrected chi connectivity index (χ3v) is 4.06. The van der Waals surface area contributed by atoms with Gasteiger partial charge in [0.15, 0.2) is 5.06 Å². The van der Waals surface area contributed by atoms with Crippen LogP contribution in [-0.2, 0) is 11.2 Å². The summed E-state index contributed by atoms with van der Waals surface area (Å²) in [6.45, 7) is 3.23. The molecule has 0 aliphatic rings. The average Bonchev–Trinajstić information content (AvgIpc) is 2.52. The predicted molar refractivity (Wildman–Crippen MR) is 92.5 cm³/mol. The number of aromatic nitrogens is 1. The molecule has 126 valence electrons. The molecule has 0 bridgehead atoms. The summed E-state index contributed by atoms with van der Waals surface area (Å²) in [5.74, 6) is -0.624. The van der Waals surface area contributed by atoms with Gasteiger partial charge in [-0.1, -0.05) is 37.3 Å². The van der Waals surface area contributed by atoms with Crippen molar-refractivity contribution in [2.45, 2.75) is 20.3 Å². The topological polar surface area (TPSA) is 112 Å². The smallest absolute Gasteiger partial charge is 0.310 e. The van der Waals surface area contributed by atoms with Gasteiger partial charge in [0.05, 0.1) is 5.71 Å². The van der Waals surface area contributed by atoms with E-state index in [2.05, 4.69) is 15.5 Å². The maximum absolute atomic E-state index is 12.1. The number of H-pyrrole nitrogens is 1. The zero-order valence-electron chi connectivity index (χ0n) is 13.2. The standard InChI is InChI=1S/C16H17N3O4S/c1-9(8-11-6-4-3-5-7-11)13(20)19-18-10(2)12-14(21)17-16(23)24-15(12)22/h3-7,9,22H,8H2,1-2H3,(H,19,20)(H,17,21,23)/t9-/m0/s1. The van der Waals surface area contributed by atoms with E-state index >= 15 is 0 Å². The molecule has 0 saturated heterocycles. The molecule has 1 aromatic heterocycles. The van der Waals surface area contributed by atoms with Gasteiger partial charge in [-0.15, -0.1) is 0 Å². The fourth-order valence-corrected chi connectivity index (χ4v) is 2.76. The first-order valence-electron chi connectivity index (χ1n) is 7.23.